The number of nitrogen functional groups attached to an aromatic ring is 1. The molecule has 1 heterocycles. The van der Waals surface area contributed by atoms with Crippen LogP contribution in [0, 0.1) is 5.92 Å². The van der Waals surface area contributed by atoms with E-state index in [4.69, 9.17) is 10.9 Å². The second-order valence-electron chi connectivity index (χ2n) is 6.00. The minimum Gasteiger partial charge on any atom is -0.387 e. The molecule has 0 aromatic carbocycles. The number of hydrogen-bond donors (Lipinski definition) is 2. The molecule has 0 bridgehead atoms. The Morgan fingerprint density at radius 1 is 1.10 bits per heavy atom. The van der Waals surface area contributed by atoms with Crippen LogP contribution in [0.4, 0.5) is 0 Å². The normalized spacial score (nSPS) is 13.4. The summed E-state index contributed by atoms with van der Waals surface area (Å²) in [5.74, 6) is 6.30. The van der Waals surface area contributed by atoms with Gasteiger partial charge in [-0.1, -0.05) is 72.1 Å². The highest BCUT2D eigenvalue weighted by Gasteiger charge is 2.03. The van der Waals surface area contributed by atoms with Crippen molar-refractivity contribution in [2.45, 2.75) is 85.2 Å². The molecule has 124 valence electrons. The van der Waals surface area contributed by atoms with E-state index >= 15 is 0 Å². The zero-order valence-corrected chi connectivity index (χ0v) is 14.4. The molecule has 1 rings (SSSR count). The van der Waals surface area contributed by atoms with Crippen LogP contribution in [0.5, 0.6) is 0 Å². The topological polar surface area (TPSA) is 64.1 Å². The zero-order chi connectivity index (χ0) is 16.1. The number of imidazole rings is 1. The van der Waals surface area contributed by atoms with Crippen molar-refractivity contribution in [1.29, 1.82) is 0 Å². The van der Waals surface area contributed by atoms with Gasteiger partial charge in [-0.15, -0.1) is 0 Å². The molecule has 0 spiro atoms. The highest BCUT2D eigenvalue weighted by molar-refractivity contribution is 5.00. The van der Waals surface area contributed by atoms with Crippen molar-refractivity contribution in [1.82, 2.24) is 9.66 Å². The largest absolute Gasteiger partial charge is 0.387 e. The second-order valence-corrected chi connectivity index (χ2v) is 6.00. The summed E-state index contributed by atoms with van der Waals surface area (Å²) in [6.45, 7) is 8.59. The lowest BCUT2D eigenvalue weighted by Crippen LogP contribution is -2.12. The first-order valence-electron chi connectivity index (χ1n) is 8.48. The smallest absolute Gasteiger partial charge is 0.114 e. The van der Waals surface area contributed by atoms with Gasteiger partial charge in [0.25, 0.3) is 0 Å². The van der Waals surface area contributed by atoms with E-state index in [2.05, 4.69) is 25.8 Å². The molecule has 0 fully saturated rings. The van der Waals surface area contributed by atoms with Gasteiger partial charge in [-0.25, -0.2) is 4.98 Å². The lowest BCUT2D eigenvalue weighted by atomic mass is 9.98. The first kappa shape index (κ1) is 20.0. The van der Waals surface area contributed by atoms with Crippen molar-refractivity contribution in [3.05, 3.63) is 18.2 Å². The maximum atomic E-state index is 8.95. The van der Waals surface area contributed by atoms with Gasteiger partial charge in [-0.3, -0.25) is 4.68 Å². The van der Waals surface area contributed by atoms with E-state index in [0.717, 1.165) is 5.92 Å². The van der Waals surface area contributed by atoms with Crippen LogP contribution in [0.2, 0.25) is 0 Å². The van der Waals surface area contributed by atoms with E-state index in [9.17, 15) is 0 Å². The summed E-state index contributed by atoms with van der Waals surface area (Å²) in [7, 11) is 0. The fourth-order valence-corrected chi connectivity index (χ4v) is 2.37. The fraction of sp³-hybridized carbons (Fsp3) is 0.824. The van der Waals surface area contributed by atoms with Crippen LogP contribution in [0.25, 0.3) is 0 Å². The van der Waals surface area contributed by atoms with Crippen LogP contribution in [-0.4, -0.2) is 14.8 Å². The molecule has 0 radical (unpaired) electrons. The molecule has 4 nitrogen and oxygen atoms in total. The lowest BCUT2D eigenvalue weighted by molar-refractivity contribution is 0.191. The van der Waals surface area contributed by atoms with Crippen molar-refractivity contribution in [2.24, 2.45) is 5.92 Å². The van der Waals surface area contributed by atoms with E-state index in [0.29, 0.717) is 5.69 Å². The number of nitrogens with zero attached hydrogens (tertiary/aromatic N) is 2. The van der Waals surface area contributed by atoms with Gasteiger partial charge >= 0.3 is 0 Å². The summed E-state index contributed by atoms with van der Waals surface area (Å²) in [6, 6.07) is 0. The van der Waals surface area contributed by atoms with Crippen molar-refractivity contribution in [2.75, 3.05) is 5.84 Å². The summed E-state index contributed by atoms with van der Waals surface area (Å²) < 4.78 is 1.30. The van der Waals surface area contributed by atoms with Gasteiger partial charge in [0.1, 0.15) is 6.33 Å². The summed E-state index contributed by atoms with van der Waals surface area (Å²) >= 11 is 0. The van der Waals surface area contributed by atoms with Gasteiger partial charge < -0.3 is 10.9 Å². The first-order chi connectivity index (χ1) is 10.0. The van der Waals surface area contributed by atoms with Crippen molar-refractivity contribution >= 4 is 0 Å². The predicted molar refractivity (Wildman–Crippen MR) is 90.5 cm³/mol. The van der Waals surface area contributed by atoms with Gasteiger partial charge in [0.2, 0.25) is 0 Å². The van der Waals surface area contributed by atoms with E-state index in [1.165, 1.54) is 68.6 Å². The van der Waals surface area contributed by atoms with E-state index in [-0.39, 0.29) is 0 Å². The van der Waals surface area contributed by atoms with Crippen molar-refractivity contribution in [3.63, 3.8) is 0 Å². The summed E-state index contributed by atoms with van der Waals surface area (Å²) in [5, 5.41) is 8.95. The Labute approximate surface area is 130 Å². The van der Waals surface area contributed by atoms with Crippen LogP contribution in [0.15, 0.2) is 12.5 Å². The number of aliphatic hydroxyl groups is 1. The van der Waals surface area contributed by atoms with Crippen LogP contribution in [-0.2, 0) is 0 Å². The SMILES string of the molecule is CC(O)c1cncn1N.CCCCCCCC(C)CCC. The standard InChI is InChI=1S/C12H26.C5H9N3O/c1-4-6-7-8-9-11-12(3)10-5-2;1-4(9)5-2-7-3-8(5)6/h12H,4-11H2,1-3H3;2-4,9H,6H2,1H3. The molecule has 3 N–H and O–H groups in total. The van der Waals surface area contributed by atoms with Crippen molar-refractivity contribution in [3.8, 4) is 0 Å². The molecule has 21 heavy (non-hydrogen) atoms. The minimum atomic E-state index is -0.544. The molecule has 2 atom stereocenters. The molecule has 0 saturated heterocycles. The maximum Gasteiger partial charge on any atom is 0.114 e. The Balaban J connectivity index is 0.000000394. The number of unbranched alkanes of at least 4 members (excludes halogenated alkanes) is 4. The van der Waals surface area contributed by atoms with Gasteiger partial charge in [-0.05, 0) is 12.8 Å². The first-order valence-corrected chi connectivity index (χ1v) is 8.48. The van der Waals surface area contributed by atoms with Crippen LogP contribution < -0.4 is 5.84 Å². The Morgan fingerprint density at radius 2 is 1.76 bits per heavy atom. The molecule has 1 aromatic rings. The lowest BCUT2D eigenvalue weighted by Gasteiger charge is -2.08. The summed E-state index contributed by atoms with van der Waals surface area (Å²) in [6.07, 6.45) is 13.8. The molecular formula is C17H35N3O. The number of aliphatic hydroxyl groups excluding tert-OH is 1. The third-order valence-electron chi connectivity index (χ3n) is 3.71. The monoisotopic (exact) mass is 297 g/mol. The molecule has 0 aliphatic rings. The van der Waals surface area contributed by atoms with Crippen LogP contribution in [0.3, 0.4) is 0 Å². The molecule has 0 aliphatic carbocycles. The molecule has 0 amide bonds. The Bertz CT molecular complexity index is 337. The highest BCUT2D eigenvalue weighted by atomic mass is 16.3. The van der Waals surface area contributed by atoms with Gasteiger partial charge in [0.05, 0.1) is 18.0 Å². The van der Waals surface area contributed by atoms with Crippen LogP contribution >= 0.6 is 0 Å². The summed E-state index contributed by atoms with van der Waals surface area (Å²) in [4.78, 5) is 3.72. The Morgan fingerprint density at radius 3 is 2.19 bits per heavy atom. The summed E-state index contributed by atoms with van der Waals surface area (Å²) in [5.41, 5.74) is 0.620. The number of hydrogen-bond acceptors (Lipinski definition) is 3. The third-order valence-corrected chi connectivity index (χ3v) is 3.71. The van der Waals surface area contributed by atoms with Crippen LogP contribution in [0.1, 0.15) is 90.9 Å². The maximum absolute atomic E-state index is 8.95. The molecule has 2 unspecified atom stereocenters. The van der Waals surface area contributed by atoms with E-state index in [1.807, 2.05) is 0 Å². The predicted octanol–water partition coefficient (Wildman–Crippen LogP) is 4.43. The minimum absolute atomic E-state index is 0.544. The van der Waals surface area contributed by atoms with Gasteiger partial charge in [-0.2, -0.15) is 0 Å². The highest BCUT2D eigenvalue weighted by Crippen LogP contribution is 2.15. The second kappa shape index (κ2) is 12.7. The Kier molecular flexibility index (Phi) is 12.1. The molecular weight excluding hydrogens is 262 g/mol. The zero-order valence-electron chi connectivity index (χ0n) is 14.4. The number of nitrogens with two attached hydrogens (primary N) is 1. The number of rotatable bonds is 9. The molecule has 0 saturated carbocycles. The number of aromatic nitrogens is 2. The average Bonchev–Trinajstić information content (AvgIpc) is 2.86. The molecule has 4 heteroatoms. The fourth-order valence-electron chi connectivity index (χ4n) is 2.37. The van der Waals surface area contributed by atoms with Gasteiger partial charge in [0.15, 0.2) is 0 Å². The van der Waals surface area contributed by atoms with Crippen molar-refractivity contribution < 1.29 is 5.11 Å². The molecule has 0 aliphatic heterocycles. The molecule has 1 aromatic heterocycles. The quantitative estimate of drug-likeness (QED) is 0.523. The van der Waals surface area contributed by atoms with E-state index in [1.54, 1.807) is 6.92 Å². The average molecular weight is 297 g/mol. The van der Waals surface area contributed by atoms with Gasteiger partial charge in [0, 0.05) is 0 Å². The van der Waals surface area contributed by atoms with E-state index < -0.39 is 6.10 Å². The Hall–Kier alpha value is -1.03. The third kappa shape index (κ3) is 10.4.